The Morgan fingerprint density at radius 2 is 0.447 bits per heavy atom. The highest BCUT2D eigenvalue weighted by molar-refractivity contribution is 7.47. The topological polar surface area (TPSA) is 237 Å². The highest BCUT2D eigenvalue weighted by Crippen LogP contribution is 2.45. The summed E-state index contributed by atoms with van der Waals surface area (Å²) in [4.78, 5) is 73.1. The van der Waals surface area contributed by atoms with Gasteiger partial charge in [0.2, 0.25) is 0 Å². The summed E-state index contributed by atoms with van der Waals surface area (Å²) in [6.07, 6.45) is 66.8. The lowest BCUT2D eigenvalue weighted by Gasteiger charge is -2.21. The molecule has 0 aromatic carbocycles. The van der Waals surface area contributed by atoms with Crippen LogP contribution < -0.4 is 0 Å². The lowest BCUT2D eigenvalue weighted by Crippen LogP contribution is -2.30. The van der Waals surface area contributed by atoms with Crippen LogP contribution >= 0.6 is 15.6 Å². The largest absolute Gasteiger partial charge is 0.472 e. The predicted molar refractivity (Wildman–Crippen MR) is 423 cm³/mol. The first kappa shape index (κ1) is 101. The van der Waals surface area contributed by atoms with E-state index in [4.69, 9.17) is 37.0 Å². The van der Waals surface area contributed by atoms with Gasteiger partial charge >= 0.3 is 39.5 Å². The molecule has 0 aromatic rings. The van der Waals surface area contributed by atoms with Crippen LogP contribution in [0.4, 0.5) is 0 Å². The third kappa shape index (κ3) is 78.0. The molecule has 5 atom stereocenters. The van der Waals surface area contributed by atoms with Gasteiger partial charge in [-0.25, -0.2) is 9.13 Å². The first-order valence-electron chi connectivity index (χ1n) is 43.5. The molecule has 0 rings (SSSR count). The normalized spacial score (nSPS) is 13.9. The van der Waals surface area contributed by atoms with Crippen molar-refractivity contribution in [2.24, 2.45) is 11.8 Å². The Balaban J connectivity index is 5.23. The number of hydrogen-bond donors (Lipinski definition) is 3. The van der Waals surface area contributed by atoms with Crippen molar-refractivity contribution in [3.63, 3.8) is 0 Å². The van der Waals surface area contributed by atoms with E-state index >= 15 is 0 Å². The van der Waals surface area contributed by atoms with Crippen molar-refractivity contribution in [1.82, 2.24) is 0 Å². The number of unbranched alkanes of at least 4 members (excludes halogenated alkanes) is 53. The molecule has 612 valence electrons. The second kappa shape index (κ2) is 75.5. The van der Waals surface area contributed by atoms with Gasteiger partial charge in [0.05, 0.1) is 26.4 Å². The van der Waals surface area contributed by atoms with Crippen molar-refractivity contribution >= 4 is 39.5 Å². The molecule has 0 aromatic heterocycles. The second-order valence-electron chi connectivity index (χ2n) is 31.2. The van der Waals surface area contributed by atoms with Crippen molar-refractivity contribution < 1.29 is 80.2 Å². The first-order chi connectivity index (χ1) is 49.9. The van der Waals surface area contributed by atoms with Crippen molar-refractivity contribution in [3.05, 3.63) is 0 Å². The number of phosphoric ester groups is 2. The molecular formula is C84H164O17P2. The number of rotatable bonds is 83. The fourth-order valence-electron chi connectivity index (χ4n) is 13.1. The summed E-state index contributed by atoms with van der Waals surface area (Å²) in [7, 11) is -9.92. The van der Waals surface area contributed by atoms with E-state index in [0.717, 1.165) is 102 Å². The summed E-state index contributed by atoms with van der Waals surface area (Å²) in [5.41, 5.74) is 0. The van der Waals surface area contributed by atoms with Crippen LogP contribution in [0.1, 0.15) is 446 Å². The molecule has 0 saturated carbocycles. The van der Waals surface area contributed by atoms with E-state index < -0.39 is 97.5 Å². The van der Waals surface area contributed by atoms with E-state index in [-0.39, 0.29) is 25.7 Å². The van der Waals surface area contributed by atoms with E-state index in [1.165, 1.54) is 257 Å². The summed E-state index contributed by atoms with van der Waals surface area (Å²) in [5, 5.41) is 10.7. The standard InChI is InChI=1S/C84H164O17P2/c1-7-9-11-13-15-17-19-21-23-25-26-27-29-31-35-39-43-49-56-62-68-83(88)100-79(72-94-81(86)66-60-54-48-42-38-34-30-28-24-22-20-18-16-14-12-10-8-2)74-98-102(90,91)96-70-78(85)71-97-103(92,93)99-75-80(73-95-82(87)67-61-55-51-45-47-53-59-65-77(5)6)101-84(89)69-63-57-50-44-40-36-32-33-37-41-46-52-58-64-76(3)4/h76-80,85H,7-75H2,1-6H3,(H,90,91)(H,92,93)/t78-,79-,80-/m1/s1. The Labute approximate surface area is 632 Å². The van der Waals surface area contributed by atoms with E-state index in [2.05, 4.69) is 41.5 Å². The van der Waals surface area contributed by atoms with Gasteiger partial charge in [-0.15, -0.1) is 0 Å². The summed E-state index contributed by atoms with van der Waals surface area (Å²) in [6, 6.07) is 0. The summed E-state index contributed by atoms with van der Waals surface area (Å²) >= 11 is 0. The Morgan fingerprint density at radius 1 is 0.262 bits per heavy atom. The van der Waals surface area contributed by atoms with Gasteiger partial charge in [-0.1, -0.05) is 395 Å². The molecule has 17 nitrogen and oxygen atoms in total. The molecule has 0 bridgehead atoms. The average molecular weight is 1510 g/mol. The molecule has 103 heavy (non-hydrogen) atoms. The maximum atomic E-state index is 13.1. The molecule has 0 aliphatic rings. The number of ether oxygens (including phenoxy) is 4. The molecule has 0 heterocycles. The number of carbonyl (C=O) groups excluding carboxylic acids is 4. The number of aliphatic hydroxyl groups excluding tert-OH is 1. The van der Waals surface area contributed by atoms with E-state index in [0.29, 0.717) is 31.6 Å². The van der Waals surface area contributed by atoms with Crippen LogP contribution in [0.5, 0.6) is 0 Å². The SMILES string of the molecule is CCCCCCCCCCCCCCCCCCCCCCC(=O)O[C@H](COC(=O)CCCCCCCCCCCCCCCCCCC)COP(=O)(O)OC[C@@H](O)COP(=O)(O)OC[C@@H](COC(=O)CCCCCCCCCC(C)C)OC(=O)CCCCCCCCCCCCCCCC(C)C. The van der Waals surface area contributed by atoms with Crippen LogP contribution in [0, 0.1) is 11.8 Å². The molecule has 0 aliphatic heterocycles. The van der Waals surface area contributed by atoms with Gasteiger partial charge in [0.25, 0.3) is 0 Å². The molecule has 0 amide bonds. The average Bonchev–Trinajstić information content (AvgIpc) is 0.915. The van der Waals surface area contributed by atoms with Crippen LogP contribution in [0.3, 0.4) is 0 Å². The third-order valence-corrected chi connectivity index (χ3v) is 21.6. The lowest BCUT2D eigenvalue weighted by atomic mass is 10.0. The van der Waals surface area contributed by atoms with Crippen LogP contribution in [0.2, 0.25) is 0 Å². The van der Waals surface area contributed by atoms with Crippen LogP contribution in [-0.4, -0.2) is 96.7 Å². The smallest absolute Gasteiger partial charge is 0.462 e. The van der Waals surface area contributed by atoms with Gasteiger partial charge in [-0.2, -0.15) is 0 Å². The molecule has 0 saturated heterocycles. The summed E-state index contributed by atoms with van der Waals surface area (Å²) in [6.45, 7) is 9.62. The zero-order chi connectivity index (χ0) is 75.6. The molecule has 0 aliphatic carbocycles. The molecule has 3 N–H and O–H groups in total. The Bertz CT molecular complexity index is 1980. The zero-order valence-electron chi connectivity index (χ0n) is 67.6. The number of esters is 4. The quantitative estimate of drug-likeness (QED) is 0.0222. The molecule has 0 radical (unpaired) electrons. The number of carbonyl (C=O) groups is 4. The monoisotopic (exact) mass is 1510 g/mol. The van der Waals surface area contributed by atoms with Crippen LogP contribution in [0.25, 0.3) is 0 Å². The van der Waals surface area contributed by atoms with Gasteiger partial charge in [0, 0.05) is 25.7 Å². The Hall–Kier alpha value is -1.94. The van der Waals surface area contributed by atoms with Gasteiger partial charge in [-0.05, 0) is 37.5 Å². The minimum Gasteiger partial charge on any atom is -0.462 e. The third-order valence-electron chi connectivity index (χ3n) is 19.7. The van der Waals surface area contributed by atoms with Gasteiger partial charge in [0.1, 0.15) is 19.3 Å². The Morgan fingerprint density at radius 3 is 0.660 bits per heavy atom. The highest BCUT2D eigenvalue weighted by Gasteiger charge is 2.30. The van der Waals surface area contributed by atoms with E-state index in [1.807, 2.05) is 0 Å². The van der Waals surface area contributed by atoms with Gasteiger partial charge in [0.15, 0.2) is 12.2 Å². The van der Waals surface area contributed by atoms with E-state index in [1.54, 1.807) is 0 Å². The number of hydrogen-bond acceptors (Lipinski definition) is 15. The van der Waals surface area contributed by atoms with Crippen molar-refractivity contribution in [3.8, 4) is 0 Å². The fourth-order valence-corrected chi connectivity index (χ4v) is 14.6. The minimum absolute atomic E-state index is 0.107. The molecular weight excluding hydrogens is 1340 g/mol. The van der Waals surface area contributed by atoms with Gasteiger partial charge in [-0.3, -0.25) is 37.3 Å². The maximum Gasteiger partial charge on any atom is 0.472 e. The van der Waals surface area contributed by atoms with Crippen LogP contribution in [0.15, 0.2) is 0 Å². The number of aliphatic hydroxyl groups is 1. The second-order valence-corrected chi connectivity index (χ2v) is 34.1. The zero-order valence-corrected chi connectivity index (χ0v) is 69.4. The Kier molecular flexibility index (Phi) is 74.1. The summed E-state index contributed by atoms with van der Waals surface area (Å²) < 4.78 is 68.8. The highest BCUT2D eigenvalue weighted by atomic mass is 31.2. The number of phosphoric acid groups is 2. The van der Waals surface area contributed by atoms with E-state index in [9.17, 15) is 43.2 Å². The summed E-state index contributed by atoms with van der Waals surface area (Å²) in [5.74, 6) is -0.614. The van der Waals surface area contributed by atoms with Gasteiger partial charge < -0.3 is 33.8 Å². The maximum absolute atomic E-state index is 13.1. The molecule has 19 heteroatoms. The van der Waals surface area contributed by atoms with Crippen LogP contribution in [-0.2, 0) is 65.4 Å². The molecule has 2 unspecified atom stereocenters. The molecule has 0 spiro atoms. The fraction of sp³-hybridized carbons (Fsp3) is 0.952. The minimum atomic E-state index is -4.96. The predicted octanol–water partition coefficient (Wildman–Crippen LogP) is 25.5. The van der Waals surface area contributed by atoms with Crippen molar-refractivity contribution in [1.29, 1.82) is 0 Å². The molecule has 0 fully saturated rings. The lowest BCUT2D eigenvalue weighted by molar-refractivity contribution is -0.161. The van der Waals surface area contributed by atoms with Crippen molar-refractivity contribution in [2.75, 3.05) is 39.6 Å². The first-order valence-corrected chi connectivity index (χ1v) is 46.5. The van der Waals surface area contributed by atoms with Crippen molar-refractivity contribution in [2.45, 2.75) is 464 Å².